The van der Waals surface area contributed by atoms with Gasteiger partial charge in [-0.25, -0.2) is 0 Å². The predicted octanol–water partition coefficient (Wildman–Crippen LogP) is 3.25. The fourth-order valence-corrected chi connectivity index (χ4v) is 1.92. The van der Waals surface area contributed by atoms with Crippen molar-refractivity contribution in [2.75, 3.05) is 5.73 Å². The number of nitrogens with two attached hydrogens (primary N) is 1. The summed E-state index contributed by atoms with van der Waals surface area (Å²) in [4.78, 5) is 0. The van der Waals surface area contributed by atoms with E-state index in [1.54, 1.807) is 6.20 Å². The van der Waals surface area contributed by atoms with Crippen molar-refractivity contribution in [2.24, 2.45) is 0 Å². The molecule has 1 heterocycles. The van der Waals surface area contributed by atoms with E-state index in [0.29, 0.717) is 5.88 Å². The fraction of sp³-hybridized carbons (Fsp3) is 0.182. The third-order valence-electron chi connectivity index (χ3n) is 2.34. The topological polar surface area (TPSA) is 52.0 Å². The van der Waals surface area contributed by atoms with E-state index in [-0.39, 0.29) is 0 Å². The van der Waals surface area contributed by atoms with Gasteiger partial charge in [-0.2, -0.15) is 0 Å². The maximum atomic E-state index is 5.70. The van der Waals surface area contributed by atoms with Crippen molar-refractivity contribution in [2.45, 2.75) is 13.3 Å². The van der Waals surface area contributed by atoms with Crippen LogP contribution in [0.3, 0.4) is 0 Å². The third kappa shape index (κ3) is 1.90. The lowest BCUT2D eigenvalue weighted by atomic mass is 10.0. The third-order valence-corrected chi connectivity index (χ3v) is 2.83. The molecule has 3 nitrogen and oxygen atoms in total. The molecule has 78 valence electrons. The maximum absolute atomic E-state index is 5.70. The van der Waals surface area contributed by atoms with E-state index in [4.69, 9.17) is 10.3 Å². The van der Waals surface area contributed by atoms with Crippen molar-refractivity contribution in [3.05, 3.63) is 34.4 Å². The number of rotatable bonds is 2. The Balaban J connectivity index is 2.60. The van der Waals surface area contributed by atoms with Crippen LogP contribution in [0.1, 0.15) is 12.5 Å². The number of hydrogen-bond donors (Lipinski definition) is 1. The number of nitrogens with zero attached hydrogens (tertiary/aromatic N) is 1. The molecule has 0 unspecified atom stereocenters. The monoisotopic (exact) mass is 266 g/mol. The van der Waals surface area contributed by atoms with Gasteiger partial charge in [0, 0.05) is 4.47 Å². The summed E-state index contributed by atoms with van der Waals surface area (Å²) < 4.78 is 5.89. The molecule has 0 atom stereocenters. The molecule has 1 aromatic carbocycles. The maximum Gasteiger partial charge on any atom is 0.229 e. The van der Waals surface area contributed by atoms with Gasteiger partial charge >= 0.3 is 0 Å². The van der Waals surface area contributed by atoms with Gasteiger partial charge in [0.15, 0.2) is 0 Å². The van der Waals surface area contributed by atoms with Crippen LogP contribution in [0.25, 0.3) is 11.1 Å². The van der Waals surface area contributed by atoms with Crippen LogP contribution in [0, 0.1) is 0 Å². The number of hydrogen-bond acceptors (Lipinski definition) is 3. The van der Waals surface area contributed by atoms with Crippen molar-refractivity contribution in [1.29, 1.82) is 0 Å². The second-order valence-corrected chi connectivity index (χ2v) is 4.17. The highest BCUT2D eigenvalue weighted by Gasteiger charge is 2.11. The van der Waals surface area contributed by atoms with Gasteiger partial charge in [0.25, 0.3) is 0 Å². The van der Waals surface area contributed by atoms with Crippen LogP contribution in [-0.4, -0.2) is 5.16 Å². The fourth-order valence-electron chi connectivity index (χ4n) is 1.56. The summed E-state index contributed by atoms with van der Waals surface area (Å²) >= 11 is 3.44. The highest BCUT2D eigenvalue weighted by molar-refractivity contribution is 9.10. The van der Waals surface area contributed by atoms with Crippen LogP contribution in [0.4, 0.5) is 5.88 Å². The van der Waals surface area contributed by atoms with E-state index >= 15 is 0 Å². The number of aromatic nitrogens is 1. The van der Waals surface area contributed by atoms with Crippen molar-refractivity contribution in [3.63, 3.8) is 0 Å². The Hall–Kier alpha value is -1.29. The van der Waals surface area contributed by atoms with Gasteiger partial charge < -0.3 is 10.3 Å². The van der Waals surface area contributed by atoms with Crippen LogP contribution in [-0.2, 0) is 6.42 Å². The lowest BCUT2D eigenvalue weighted by Gasteiger charge is -2.06. The Morgan fingerprint density at radius 3 is 2.80 bits per heavy atom. The largest absolute Gasteiger partial charge is 0.367 e. The first-order valence-electron chi connectivity index (χ1n) is 4.71. The molecular weight excluding hydrogens is 256 g/mol. The molecule has 4 heteroatoms. The Morgan fingerprint density at radius 1 is 1.40 bits per heavy atom. The standard InChI is InChI=1S/C11H11BrN2O/c1-2-7-3-4-8(12)5-9(7)10-6-14-15-11(10)13/h3-6H,2,13H2,1H3. The number of anilines is 1. The van der Waals surface area contributed by atoms with E-state index in [9.17, 15) is 0 Å². The summed E-state index contributed by atoms with van der Waals surface area (Å²) in [6, 6.07) is 6.12. The molecule has 0 saturated heterocycles. The van der Waals surface area contributed by atoms with Gasteiger partial charge in [0.05, 0.1) is 11.8 Å². The van der Waals surface area contributed by atoms with E-state index < -0.39 is 0 Å². The van der Waals surface area contributed by atoms with Crippen molar-refractivity contribution in [1.82, 2.24) is 5.16 Å². The van der Waals surface area contributed by atoms with E-state index in [1.807, 2.05) is 12.1 Å². The Labute approximate surface area is 96.4 Å². The molecule has 0 bridgehead atoms. The number of aryl methyl sites for hydroxylation is 1. The van der Waals surface area contributed by atoms with Crippen molar-refractivity contribution >= 4 is 21.8 Å². The Kier molecular flexibility index (Phi) is 2.77. The summed E-state index contributed by atoms with van der Waals surface area (Å²) in [7, 11) is 0. The van der Waals surface area contributed by atoms with Crippen molar-refractivity contribution < 1.29 is 4.52 Å². The van der Waals surface area contributed by atoms with Crippen LogP contribution >= 0.6 is 15.9 Å². The van der Waals surface area contributed by atoms with Crippen LogP contribution < -0.4 is 5.73 Å². The van der Waals surface area contributed by atoms with E-state index in [2.05, 4.69) is 34.1 Å². The Morgan fingerprint density at radius 2 is 2.20 bits per heavy atom. The Bertz CT molecular complexity index is 479. The van der Waals surface area contributed by atoms with Crippen molar-refractivity contribution in [3.8, 4) is 11.1 Å². The van der Waals surface area contributed by atoms with Gasteiger partial charge in [-0.1, -0.05) is 34.1 Å². The van der Waals surface area contributed by atoms with Gasteiger partial charge in [-0.3, -0.25) is 0 Å². The summed E-state index contributed by atoms with van der Waals surface area (Å²) in [6.45, 7) is 2.11. The highest BCUT2D eigenvalue weighted by atomic mass is 79.9. The van der Waals surface area contributed by atoms with Gasteiger partial charge in [0.2, 0.25) is 5.88 Å². The smallest absolute Gasteiger partial charge is 0.229 e. The zero-order valence-electron chi connectivity index (χ0n) is 8.33. The van der Waals surface area contributed by atoms with E-state index in [0.717, 1.165) is 22.0 Å². The highest BCUT2D eigenvalue weighted by Crippen LogP contribution is 2.31. The molecule has 0 fully saturated rings. The lowest BCUT2D eigenvalue weighted by molar-refractivity contribution is 0.436. The quantitative estimate of drug-likeness (QED) is 0.908. The zero-order chi connectivity index (χ0) is 10.8. The molecule has 1 aromatic heterocycles. The minimum atomic E-state index is 0.364. The van der Waals surface area contributed by atoms with Gasteiger partial charge in [-0.15, -0.1) is 0 Å². The molecule has 2 aromatic rings. The molecule has 0 radical (unpaired) electrons. The number of benzene rings is 1. The first kappa shape index (κ1) is 10.2. The molecular formula is C11H11BrN2O. The van der Waals surface area contributed by atoms with Gasteiger partial charge in [-0.05, 0) is 29.7 Å². The molecule has 0 amide bonds. The average Bonchev–Trinajstić information content (AvgIpc) is 2.64. The molecule has 2 rings (SSSR count). The number of nitrogen functional groups attached to an aromatic ring is 1. The van der Waals surface area contributed by atoms with Crippen LogP contribution in [0.5, 0.6) is 0 Å². The SMILES string of the molecule is CCc1ccc(Br)cc1-c1cnoc1N. The predicted molar refractivity (Wildman–Crippen MR) is 63.4 cm³/mol. The summed E-state index contributed by atoms with van der Waals surface area (Å²) in [5, 5.41) is 3.69. The number of halogens is 1. The molecule has 0 aliphatic rings. The first-order chi connectivity index (χ1) is 7.22. The summed E-state index contributed by atoms with van der Waals surface area (Å²) in [6.07, 6.45) is 2.60. The molecule has 0 aliphatic carbocycles. The minimum absolute atomic E-state index is 0.364. The van der Waals surface area contributed by atoms with Gasteiger partial charge in [0.1, 0.15) is 0 Å². The van der Waals surface area contributed by atoms with Crippen LogP contribution in [0.15, 0.2) is 33.4 Å². The summed E-state index contributed by atoms with van der Waals surface area (Å²) in [5.41, 5.74) is 8.86. The average molecular weight is 267 g/mol. The molecule has 0 spiro atoms. The van der Waals surface area contributed by atoms with E-state index in [1.165, 1.54) is 5.56 Å². The second kappa shape index (κ2) is 4.06. The molecule has 15 heavy (non-hydrogen) atoms. The second-order valence-electron chi connectivity index (χ2n) is 3.26. The first-order valence-corrected chi connectivity index (χ1v) is 5.50. The molecule has 0 saturated carbocycles. The molecule has 0 aliphatic heterocycles. The summed E-state index contributed by atoms with van der Waals surface area (Å²) in [5.74, 6) is 0.364. The lowest BCUT2D eigenvalue weighted by Crippen LogP contribution is -1.90. The normalized spacial score (nSPS) is 10.5. The zero-order valence-corrected chi connectivity index (χ0v) is 9.91. The van der Waals surface area contributed by atoms with Crippen LogP contribution in [0.2, 0.25) is 0 Å². The molecule has 2 N–H and O–H groups in total. The minimum Gasteiger partial charge on any atom is -0.367 e.